The van der Waals surface area contributed by atoms with E-state index in [-0.39, 0.29) is 36.0 Å². The molecule has 9 nitrogen and oxygen atoms in total. The summed E-state index contributed by atoms with van der Waals surface area (Å²) < 4.78 is 7.22. The number of carbonyl (C=O) groups excluding carboxylic acids is 3. The van der Waals surface area contributed by atoms with Crippen LogP contribution in [0.15, 0.2) is 30.3 Å². The van der Waals surface area contributed by atoms with Gasteiger partial charge in [0.2, 0.25) is 5.91 Å². The van der Waals surface area contributed by atoms with Gasteiger partial charge in [-0.3, -0.25) is 19.1 Å². The Kier molecular flexibility index (Phi) is 9.07. The van der Waals surface area contributed by atoms with E-state index in [0.29, 0.717) is 25.4 Å². The predicted molar refractivity (Wildman–Crippen MR) is 145 cm³/mol. The van der Waals surface area contributed by atoms with Crippen LogP contribution in [0, 0.1) is 0 Å². The normalized spacial score (nSPS) is 19.3. The molecule has 9 heteroatoms. The summed E-state index contributed by atoms with van der Waals surface area (Å²) in [6.07, 6.45) is 7.95. The Balaban J connectivity index is 1.44. The maximum atomic E-state index is 13.6. The van der Waals surface area contributed by atoms with Crippen LogP contribution >= 0.6 is 0 Å². The second-order valence-corrected chi connectivity index (χ2v) is 10.6. The molecule has 0 spiro atoms. The summed E-state index contributed by atoms with van der Waals surface area (Å²) in [6, 6.07) is 9.32. The molecule has 2 heterocycles. The van der Waals surface area contributed by atoms with Gasteiger partial charge in [-0.2, -0.15) is 5.10 Å². The molecule has 0 unspecified atom stereocenters. The van der Waals surface area contributed by atoms with E-state index in [4.69, 9.17) is 4.74 Å². The van der Waals surface area contributed by atoms with Gasteiger partial charge in [0.15, 0.2) is 5.69 Å². The van der Waals surface area contributed by atoms with E-state index in [1.54, 1.807) is 4.90 Å². The first-order chi connectivity index (χ1) is 18.4. The largest absolute Gasteiger partial charge is 0.494 e. The van der Waals surface area contributed by atoms with Gasteiger partial charge in [-0.15, -0.1) is 0 Å². The van der Waals surface area contributed by atoms with Gasteiger partial charge in [0.05, 0.1) is 13.2 Å². The van der Waals surface area contributed by atoms with Crippen molar-refractivity contribution in [1.82, 2.24) is 25.3 Å². The standard InChI is InChI=1S/C29H41N5O4/c1-4-6-16-33-27(36)25-18-24(26(35)30-19-21-12-14-23(15-13-21)38-17-7-5-2)32-34(25)20-29(33,3)28(37)31-22-10-8-9-11-22/h12-15,18,22H,4-11,16-17,19-20H2,1-3H3,(H,30,35)(H,31,37)/t29-/m1/s1. The van der Waals surface area contributed by atoms with Crippen LogP contribution in [0.5, 0.6) is 5.75 Å². The molecule has 1 aliphatic carbocycles. The molecule has 3 amide bonds. The summed E-state index contributed by atoms with van der Waals surface area (Å²) in [6.45, 7) is 7.70. The summed E-state index contributed by atoms with van der Waals surface area (Å²) in [4.78, 5) is 41.6. The number of unbranched alkanes of at least 4 members (excludes halogenated alkanes) is 2. The molecular weight excluding hydrogens is 482 g/mol. The Hall–Kier alpha value is -3.36. The van der Waals surface area contributed by atoms with Gasteiger partial charge in [-0.25, -0.2) is 0 Å². The molecule has 1 saturated carbocycles. The molecule has 0 saturated heterocycles. The second-order valence-electron chi connectivity index (χ2n) is 10.6. The highest BCUT2D eigenvalue weighted by Crippen LogP contribution is 2.29. The number of ether oxygens (including phenoxy) is 1. The fourth-order valence-corrected chi connectivity index (χ4v) is 5.14. The van der Waals surface area contributed by atoms with Crippen LogP contribution in [-0.4, -0.2) is 57.1 Å². The monoisotopic (exact) mass is 523 g/mol. The first-order valence-corrected chi connectivity index (χ1v) is 14.1. The summed E-state index contributed by atoms with van der Waals surface area (Å²) in [5, 5.41) is 10.5. The quantitative estimate of drug-likeness (QED) is 0.408. The van der Waals surface area contributed by atoms with Crippen LogP contribution in [0.3, 0.4) is 0 Å². The van der Waals surface area contributed by atoms with E-state index in [1.165, 1.54) is 10.7 Å². The molecule has 0 radical (unpaired) electrons. The first-order valence-electron chi connectivity index (χ1n) is 14.1. The maximum absolute atomic E-state index is 13.6. The molecule has 1 fully saturated rings. The van der Waals surface area contributed by atoms with Crippen LogP contribution in [0.4, 0.5) is 0 Å². The zero-order valence-electron chi connectivity index (χ0n) is 22.9. The third-order valence-corrected chi connectivity index (χ3v) is 7.59. The number of fused-ring (bicyclic) bond motifs is 1. The molecule has 1 aromatic carbocycles. The Morgan fingerprint density at radius 2 is 1.82 bits per heavy atom. The number of benzene rings is 1. The SMILES string of the molecule is CCCCOc1ccc(CNC(=O)c2cc3n(n2)C[C@](C)(C(=O)NC2CCCC2)N(CCCC)C3=O)cc1. The molecular formula is C29H41N5O4. The molecule has 1 aliphatic heterocycles. The number of nitrogens with zero attached hydrogens (tertiary/aromatic N) is 3. The zero-order chi connectivity index (χ0) is 27.1. The van der Waals surface area contributed by atoms with Crippen molar-refractivity contribution >= 4 is 17.7 Å². The molecule has 2 aromatic rings. The number of rotatable bonds is 12. The number of hydrogen-bond donors (Lipinski definition) is 2. The van der Waals surface area contributed by atoms with Gasteiger partial charge < -0.3 is 20.3 Å². The third-order valence-electron chi connectivity index (χ3n) is 7.59. The highest BCUT2D eigenvalue weighted by atomic mass is 16.5. The van der Waals surface area contributed by atoms with Gasteiger partial charge >= 0.3 is 0 Å². The predicted octanol–water partition coefficient (Wildman–Crippen LogP) is 4.07. The second kappa shape index (κ2) is 12.5. The Bertz CT molecular complexity index is 1120. The lowest BCUT2D eigenvalue weighted by Crippen LogP contribution is -2.65. The van der Waals surface area contributed by atoms with Gasteiger partial charge in [0, 0.05) is 25.2 Å². The van der Waals surface area contributed by atoms with Crippen LogP contribution in [0.2, 0.25) is 0 Å². The summed E-state index contributed by atoms with van der Waals surface area (Å²) in [5.41, 5.74) is 0.376. The van der Waals surface area contributed by atoms with Crippen molar-refractivity contribution in [2.45, 2.75) is 96.8 Å². The highest BCUT2D eigenvalue weighted by Gasteiger charge is 2.48. The Morgan fingerprint density at radius 3 is 2.50 bits per heavy atom. The topological polar surface area (TPSA) is 106 Å². The van der Waals surface area contributed by atoms with Crippen molar-refractivity contribution in [2.75, 3.05) is 13.2 Å². The number of carbonyl (C=O) groups is 3. The highest BCUT2D eigenvalue weighted by molar-refractivity contribution is 6.01. The van der Waals surface area contributed by atoms with Crippen molar-refractivity contribution < 1.29 is 19.1 Å². The van der Waals surface area contributed by atoms with Crippen molar-refractivity contribution in [1.29, 1.82) is 0 Å². The van der Waals surface area contributed by atoms with Crippen molar-refractivity contribution in [3.63, 3.8) is 0 Å². The molecule has 2 N–H and O–H groups in total. The number of nitrogens with one attached hydrogen (secondary N) is 2. The summed E-state index contributed by atoms with van der Waals surface area (Å²) in [5.74, 6) is 0.0313. The number of aromatic nitrogens is 2. The third kappa shape index (κ3) is 6.19. The zero-order valence-corrected chi connectivity index (χ0v) is 22.9. The van der Waals surface area contributed by atoms with Gasteiger partial charge in [0.1, 0.15) is 17.0 Å². The maximum Gasteiger partial charge on any atom is 0.273 e. The van der Waals surface area contributed by atoms with E-state index < -0.39 is 5.54 Å². The van der Waals surface area contributed by atoms with E-state index in [0.717, 1.165) is 62.7 Å². The summed E-state index contributed by atoms with van der Waals surface area (Å²) >= 11 is 0. The van der Waals surface area contributed by atoms with E-state index in [2.05, 4.69) is 29.6 Å². The molecule has 38 heavy (non-hydrogen) atoms. The molecule has 2 aliphatic rings. The van der Waals surface area contributed by atoms with Crippen molar-refractivity contribution in [3.05, 3.63) is 47.3 Å². The van der Waals surface area contributed by atoms with Gasteiger partial charge in [-0.05, 0) is 50.3 Å². The van der Waals surface area contributed by atoms with Crippen LogP contribution < -0.4 is 15.4 Å². The summed E-state index contributed by atoms with van der Waals surface area (Å²) in [7, 11) is 0. The minimum absolute atomic E-state index is 0.150. The van der Waals surface area contributed by atoms with Crippen LogP contribution in [-0.2, 0) is 17.9 Å². The first kappa shape index (κ1) is 27.7. The average Bonchev–Trinajstić information content (AvgIpc) is 3.58. The van der Waals surface area contributed by atoms with Crippen molar-refractivity contribution in [2.24, 2.45) is 0 Å². The number of amides is 3. The van der Waals surface area contributed by atoms with Crippen molar-refractivity contribution in [3.8, 4) is 5.75 Å². The van der Waals surface area contributed by atoms with Crippen LogP contribution in [0.25, 0.3) is 0 Å². The smallest absolute Gasteiger partial charge is 0.273 e. The Labute approximate surface area is 225 Å². The molecule has 4 rings (SSSR count). The lowest BCUT2D eigenvalue weighted by molar-refractivity contribution is -0.133. The van der Waals surface area contributed by atoms with Gasteiger partial charge in [-0.1, -0.05) is 51.7 Å². The minimum Gasteiger partial charge on any atom is -0.494 e. The average molecular weight is 524 g/mol. The Morgan fingerprint density at radius 1 is 1.11 bits per heavy atom. The molecule has 0 bridgehead atoms. The fourth-order valence-electron chi connectivity index (χ4n) is 5.14. The van der Waals surface area contributed by atoms with E-state index >= 15 is 0 Å². The fraction of sp³-hybridized carbons (Fsp3) is 0.586. The molecule has 1 aromatic heterocycles. The lowest BCUT2D eigenvalue weighted by Gasteiger charge is -2.43. The van der Waals surface area contributed by atoms with E-state index in [9.17, 15) is 14.4 Å². The minimum atomic E-state index is -1.07. The lowest BCUT2D eigenvalue weighted by atomic mass is 9.94. The number of hydrogen-bond acceptors (Lipinski definition) is 5. The molecule has 206 valence electrons. The van der Waals surface area contributed by atoms with E-state index in [1.807, 2.05) is 31.2 Å². The molecule has 1 atom stereocenters. The van der Waals surface area contributed by atoms with Crippen LogP contribution in [0.1, 0.15) is 98.7 Å². The van der Waals surface area contributed by atoms with Gasteiger partial charge in [0.25, 0.3) is 11.8 Å².